The molecule has 1 aromatic heterocycles. The van der Waals surface area contributed by atoms with Gasteiger partial charge in [0.1, 0.15) is 0 Å². The Bertz CT molecular complexity index is 570. The highest BCUT2D eigenvalue weighted by Gasteiger charge is 2.09. The number of aromatic nitrogens is 1. The van der Waals surface area contributed by atoms with E-state index in [4.69, 9.17) is 4.74 Å². The average molecular weight is 258 g/mol. The second-order valence-corrected chi connectivity index (χ2v) is 3.92. The molecule has 0 aliphatic heterocycles. The molecule has 2 rings (SSSR count). The first-order chi connectivity index (χ1) is 9.20. The van der Waals surface area contributed by atoms with E-state index < -0.39 is 0 Å². The molecular weight excluding hydrogens is 244 g/mol. The third kappa shape index (κ3) is 3.22. The molecule has 2 aromatic rings. The number of methoxy groups -OCH3 is 1. The normalized spacial score (nSPS) is 9.95. The molecule has 0 unspecified atom stereocenters. The molecule has 0 bridgehead atoms. The van der Waals surface area contributed by atoms with Crippen LogP contribution in [0.1, 0.15) is 15.9 Å². The zero-order valence-corrected chi connectivity index (χ0v) is 10.5. The molecule has 0 spiro atoms. The van der Waals surface area contributed by atoms with Crippen molar-refractivity contribution in [3.63, 3.8) is 0 Å². The predicted octanol–water partition coefficient (Wildman–Crippen LogP) is 1.73. The Morgan fingerprint density at radius 2 is 2.05 bits per heavy atom. The highest BCUT2D eigenvalue weighted by molar-refractivity contribution is 5.94. The summed E-state index contributed by atoms with van der Waals surface area (Å²) in [6.45, 7) is 0.411. The number of phenolic OH excluding ortho intramolecular Hbond substituents is 1. The van der Waals surface area contributed by atoms with Crippen LogP contribution in [0.15, 0.2) is 42.7 Å². The maximum absolute atomic E-state index is 11.9. The van der Waals surface area contributed by atoms with Crippen LogP contribution in [0.4, 0.5) is 0 Å². The number of ether oxygens (including phenoxy) is 1. The van der Waals surface area contributed by atoms with Gasteiger partial charge in [-0.25, -0.2) is 0 Å². The number of nitrogens with one attached hydrogen (secondary N) is 1. The third-order valence-electron chi connectivity index (χ3n) is 2.64. The zero-order valence-electron chi connectivity index (χ0n) is 10.5. The van der Waals surface area contributed by atoms with Crippen LogP contribution in [-0.4, -0.2) is 23.1 Å². The zero-order chi connectivity index (χ0) is 13.7. The Hall–Kier alpha value is -2.56. The molecule has 0 fully saturated rings. The SMILES string of the molecule is COc1ccc(C(=O)NCc2ccncc2)cc1O. The molecule has 1 amide bonds. The summed E-state index contributed by atoms with van der Waals surface area (Å²) in [6.07, 6.45) is 3.33. The Labute approximate surface area is 110 Å². The highest BCUT2D eigenvalue weighted by atomic mass is 16.5. The Morgan fingerprint density at radius 3 is 2.68 bits per heavy atom. The number of carbonyl (C=O) groups is 1. The minimum atomic E-state index is -0.255. The van der Waals surface area contributed by atoms with Gasteiger partial charge in [-0.1, -0.05) is 0 Å². The van der Waals surface area contributed by atoms with Crippen molar-refractivity contribution in [2.24, 2.45) is 0 Å². The number of amides is 1. The second-order valence-electron chi connectivity index (χ2n) is 3.92. The van der Waals surface area contributed by atoms with Gasteiger partial charge in [-0.15, -0.1) is 0 Å². The van der Waals surface area contributed by atoms with Crippen molar-refractivity contribution in [3.8, 4) is 11.5 Å². The molecule has 0 radical (unpaired) electrons. The van der Waals surface area contributed by atoms with Gasteiger partial charge in [-0.3, -0.25) is 9.78 Å². The smallest absolute Gasteiger partial charge is 0.251 e. The van der Waals surface area contributed by atoms with Crippen molar-refractivity contribution in [2.45, 2.75) is 6.54 Å². The maximum atomic E-state index is 11.9. The van der Waals surface area contributed by atoms with Crippen molar-refractivity contribution < 1.29 is 14.6 Å². The van der Waals surface area contributed by atoms with Gasteiger partial charge in [0, 0.05) is 24.5 Å². The van der Waals surface area contributed by atoms with Gasteiger partial charge < -0.3 is 15.2 Å². The summed E-state index contributed by atoms with van der Waals surface area (Å²) >= 11 is 0. The molecule has 19 heavy (non-hydrogen) atoms. The number of benzene rings is 1. The van der Waals surface area contributed by atoms with Gasteiger partial charge >= 0.3 is 0 Å². The van der Waals surface area contributed by atoms with Crippen LogP contribution >= 0.6 is 0 Å². The Balaban J connectivity index is 2.02. The van der Waals surface area contributed by atoms with Crippen LogP contribution in [0.25, 0.3) is 0 Å². The number of nitrogens with zero attached hydrogens (tertiary/aromatic N) is 1. The molecule has 0 atom stereocenters. The van der Waals surface area contributed by atoms with Crippen molar-refractivity contribution in [1.29, 1.82) is 0 Å². The van der Waals surface area contributed by atoms with Gasteiger partial charge in [0.15, 0.2) is 11.5 Å². The molecule has 98 valence electrons. The minimum absolute atomic E-state index is 0.0564. The summed E-state index contributed by atoms with van der Waals surface area (Å²) in [7, 11) is 1.46. The summed E-state index contributed by atoms with van der Waals surface area (Å²) in [5.41, 5.74) is 1.34. The lowest BCUT2D eigenvalue weighted by atomic mass is 10.2. The first-order valence-electron chi connectivity index (χ1n) is 5.75. The number of hydrogen-bond acceptors (Lipinski definition) is 4. The van der Waals surface area contributed by atoms with Crippen molar-refractivity contribution in [3.05, 3.63) is 53.9 Å². The lowest BCUT2D eigenvalue weighted by Crippen LogP contribution is -2.22. The van der Waals surface area contributed by atoms with E-state index in [0.717, 1.165) is 5.56 Å². The van der Waals surface area contributed by atoms with Crippen LogP contribution in [-0.2, 0) is 6.54 Å². The van der Waals surface area contributed by atoms with Crippen LogP contribution < -0.4 is 10.1 Å². The maximum Gasteiger partial charge on any atom is 0.251 e. The van der Waals surface area contributed by atoms with Gasteiger partial charge in [-0.2, -0.15) is 0 Å². The number of hydrogen-bond donors (Lipinski definition) is 2. The van der Waals surface area contributed by atoms with E-state index in [1.54, 1.807) is 24.5 Å². The van der Waals surface area contributed by atoms with Crippen molar-refractivity contribution in [1.82, 2.24) is 10.3 Å². The predicted molar refractivity (Wildman–Crippen MR) is 70.1 cm³/mol. The molecule has 5 nitrogen and oxygen atoms in total. The monoisotopic (exact) mass is 258 g/mol. The highest BCUT2D eigenvalue weighted by Crippen LogP contribution is 2.26. The summed E-state index contributed by atoms with van der Waals surface area (Å²) < 4.78 is 4.92. The first kappa shape index (κ1) is 12.9. The van der Waals surface area contributed by atoms with Gasteiger partial charge in [0.2, 0.25) is 0 Å². The largest absolute Gasteiger partial charge is 0.504 e. The third-order valence-corrected chi connectivity index (χ3v) is 2.64. The molecule has 0 aliphatic rings. The van der Waals surface area contributed by atoms with E-state index in [9.17, 15) is 9.90 Å². The lowest BCUT2D eigenvalue weighted by molar-refractivity contribution is 0.0950. The van der Waals surface area contributed by atoms with E-state index in [1.807, 2.05) is 12.1 Å². The van der Waals surface area contributed by atoms with E-state index in [0.29, 0.717) is 17.9 Å². The molecule has 0 saturated heterocycles. The number of phenols is 1. The Morgan fingerprint density at radius 1 is 1.32 bits per heavy atom. The fraction of sp³-hybridized carbons (Fsp3) is 0.143. The average Bonchev–Trinajstić information content (AvgIpc) is 2.45. The van der Waals surface area contributed by atoms with Crippen molar-refractivity contribution in [2.75, 3.05) is 7.11 Å². The topological polar surface area (TPSA) is 71.5 Å². The number of pyridine rings is 1. The van der Waals surface area contributed by atoms with Crippen molar-refractivity contribution >= 4 is 5.91 Å². The molecule has 0 saturated carbocycles. The quantitative estimate of drug-likeness (QED) is 0.876. The van der Waals surface area contributed by atoms with Gasteiger partial charge in [0.05, 0.1) is 7.11 Å². The lowest BCUT2D eigenvalue weighted by Gasteiger charge is -2.07. The summed E-state index contributed by atoms with van der Waals surface area (Å²) in [4.78, 5) is 15.8. The summed E-state index contributed by atoms with van der Waals surface area (Å²) in [5.74, 6) is 0.0273. The second kappa shape index (κ2) is 5.86. The number of carbonyl (C=O) groups excluding carboxylic acids is 1. The van der Waals surface area contributed by atoms with Crippen LogP contribution in [0.3, 0.4) is 0 Å². The molecule has 1 heterocycles. The number of aromatic hydroxyl groups is 1. The van der Waals surface area contributed by atoms with Crippen LogP contribution in [0, 0.1) is 0 Å². The Kier molecular flexibility index (Phi) is 3.97. The van der Waals surface area contributed by atoms with E-state index >= 15 is 0 Å². The van der Waals surface area contributed by atoms with E-state index in [-0.39, 0.29) is 11.7 Å². The molecular formula is C14H14N2O3. The van der Waals surface area contributed by atoms with Crippen LogP contribution in [0.2, 0.25) is 0 Å². The number of rotatable bonds is 4. The molecule has 0 aliphatic carbocycles. The van der Waals surface area contributed by atoms with E-state index in [2.05, 4.69) is 10.3 Å². The van der Waals surface area contributed by atoms with Gasteiger partial charge in [-0.05, 0) is 35.9 Å². The summed E-state index contributed by atoms with van der Waals surface area (Å²) in [6, 6.07) is 8.18. The first-order valence-corrected chi connectivity index (χ1v) is 5.75. The minimum Gasteiger partial charge on any atom is -0.504 e. The van der Waals surface area contributed by atoms with E-state index in [1.165, 1.54) is 13.2 Å². The van der Waals surface area contributed by atoms with Gasteiger partial charge in [0.25, 0.3) is 5.91 Å². The summed E-state index contributed by atoms with van der Waals surface area (Å²) in [5, 5.41) is 12.4. The molecule has 2 N–H and O–H groups in total. The fourth-order valence-corrected chi connectivity index (χ4v) is 1.62. The fourth-order valence-electron chi connectivity index (χ4n) is 1.62. The molecule has 1 aromatic carbocycles. The molecule has 5 heteroatoms. The standard InChI is InChI=1S/C14H14N2O3/c1-19-13-3-2-11(8-12(13)17)14(18)16-9-10-4-6-15-7-5-10/h2-8,17H,9H2,1H3,(H,16,18). The van der Waals surface area contributed by atoms with Crippen LogP contribution in [0.5, 0.6) is 11.5 Å².